The molecule has 1 heterocycles. The Labute approximate surface area is 139 Å². The number of benzene rings is 2. The summed E-state index contributed by atoms with van der Waals surface area (Å²) >= 11 is 1.60. The molecule has 0 unspecified atom stereocenters. The number of aromatic amines is 1. The Morgan fingerprint density at radius 1 is 1.09 bits per heavy atom. The van der Waals surface area contributed by atoms with Crippen LogP contribution in [-0.4, -0.2) is 28.0 Å². The van der Waals surface area contributed by atoms with Crippen LogP contribution in [0.5, 0.6) is 5.75 Å². The summed E-state index contributed by atoms with van der Waals surface area (Å²) < 4.78 is 5.15. The number of H-pyrrole nitrogens is 1. The Morgan fingerprint density at radius 3 is 2.61 bits per heavy atom. The van der Waals surface area contributed by atoms with Gasteiger partial charge in [0.1, 0.15) is 5.75 Å². The van der Waals surface area contributed by atoms with Crippen LogP contribution in [0.1, 0.15) is 5.56 Å². The summed E-state index contributed by atoms with van der Waals surface area (Å²) in [4.78, 5) is 4.50. The average molecular weight is 323 g/mol. The van der Waals surface area contributed by atoms with Crippen molar-refractivity contribution in [2.75, 3.05) is 12.9 Å². The molecule has 0 radical (unpaired) electrons. The molecule has 0 amide bonds. The summed E-state index contributed by atoms with van der Waals surface area (Å²) in [7, 11) is 1.65. The van der Waals surface area contributed by atoms with Crippen LogP contribution in [0.15, 0.2) is 65.8 Å². The van der Waals surface area contributed by atoms with E-state index in [-0.39, 0.29) is 0 Å². The second kappa shape index (κ2) is 7.65. The zero-order valence-electron chi connectivity index (χ0n) is 12.8. The zero-order chi connectivity index (χ0) is 15.9. The van der Waals surface area contributed by atoms with Crippen molar-refractivity contribution in [1.29, 1.82) is 0 Å². The van der Waals surface area contributed by atoms with E-state index in [0.717, 1.165) is 28.0 Å². The molecule has 5 heteroatoms. The Balaban J connectivity index is 1.57. The molecular weight excluding hydrogens is 306 g/mol. The van der Waals surface area contributed by atoms with E-state index in [1.165, 1.54) is 5.56 Å². The van der Waals surface area contributed by atoms with Crippen molar-refractivity contribution >= 4 is 17.8 Å². The van der Waals surface area contributed by atoms with Gasteiger partial charge in [-0.1, -0.05) is 54.2 Å². The maximum absolute atomic E-state index is 5.15. The minimum Gasteiger partial charge on any atom is -0.497 e. The Hall–Kier alpha value is -2.53. The average Bonchev–Trinajstić information content (AvgIpc) is 3.09. The highest BCUT2D eigenvalue weighted by Crippen LogP contribution is 2.21. The van der Waals surface area contributed by atoms with E-state index in [4.69, 9.17) is 4.74 Å². The van der Waals surface area contributed by atoms with E-state index in [9.17, 15) is 0 Å². The number of hydrogen-bond acceptors (Lipinski definition) is 4. The predicted molar refractivity (Wildman–Crippen MR) is 94.6 cm³/mol. The van der Waals surface area contributed by atoms with Crippen molar-refractivity contribution in [3.05, 3.63) is 66.2 Å². The molecule has 0 saturated carbocycles. The first-order chi connectivity index (χ1) is 11.3. The van der Waals surface area contributed by atoms with Crippen LogP contribution < -0.4 is 4.74 Å². The van der Waals surface area contributed by atoms with Crippen molar-refractivity contribution in [2.45, 2.75) is 5.16 Å². The fourth-order valence-corrected chi connectivity index (χ4v) is 2.67. The number of aromatic nitrogens is 3. The fraction of sp³-hybridized carbons (Fsp3) is 0.111. The molecule has 23 heavy (non-hydrogen) atoms. The Morgan fingerprint density at radius 2 is 1.87 bits per heavy atom. The van der Waals surface area contributed by atoms with Gasteiger partial charge in [-0.3, -0.25) is 5.10 Å². The summed E-state index contributed by atoms with van der Waals surface area (Å²) in [5.74, 6) is 2.42. The molecule has 3 rings (SSSR count). The first-order valence-electron chi connectivity index (χ1n) is 7.26. The van der Waals surface area contributed by atoms with E-state index in [1.807, 2.05) is 42.5 Å². The lowest BCUT2D eigenvalue weighted by atomic mass is 10.2. The van der Waals surface area contributed by atoms with Gasteiger partial charge in [-0.25, -0.2) is 4.98 Å². The first-order valence-corrected chi connectivity index (χ1v) is 8.25. The predicted octanol–water partition coefficient (Wildman–Crippen LogP) is 4.29. The van der Waals surface area contributed by atoms with Crippen molar-refractivity contribution in [1.82, 2.24) is 15.2 Å². The van der Waals surface area contributed by atoms with Gasteiger partial charge in [0.05, 0.1) is 7.11 Å². The standard InChI is InChI=1S/C18H17N3OS/c1-22-16-11-9-15(10-12-16)17-19-18(21-20-17)23-13-5-8-14-6-3-2-4-7-14/h2-12H,13H2,1H3,(H,19,20,21)/b8-5+. The Kier molecular flexibility index (Phi) is 5.11. The van der Waals surface area contributed by atoms with Crippen molar-refractivity contribution in [3.8, 4) is 17.1 Å². The van der Waals surface area contributed by atoms with Gasteiger partial charge in [-0.2, -0.15) is 0 Å². The van der Waals surface area contributed by atoms with E-state index in [1.54, 1.807) is 18.9 Å². The van der Waals surface area contributed by atoms with Crippen molar-refractivity contribution in [2.24, 2.45) is 0 Å². The molecule has 0 saturated heterocycles. The number of hydrogen-bond donors (Lipinski definition) is 1. The number of nitrogens with zero attached hydrogens (tertiary/aromatic N) is 2. The highest BCUT2D eigenvalue weighted by Gasteiger charge is 2.05. The van der Waals surface area contributed by atoms with E-state index < -0.39 is 0 Å². The summed E-state index contributed by atoms with van der Waals surface area (Å²) in [6.07, 6.45) is 4.22. The third-order valence-electron chi connectivity index (χ3n) is 3.25. The van der Waals surface area contributed by atoms with Gasteiger partial charge in [0.2, 0.25) is 5.16 Å². The van der Waals surface area contributed by atoms with Gasteiger partial charge in [0.25, 0.3) is 0 Å². The summed E-state index contributed by atoms with van der Waals surface area (Å²) in [5.41, 5.74) is 2.19. The molecule has 116 valence electrons. The highest BCUT2D eigenvalue weighted by molar-refractivity contribution is 7.99. The van der Waals surface area contributed by atoms with E-state index in [0.29, 0.717) is 0 Å². The molecule has 0 spiro atoms. The Bertz CT molecular complexity index is 766. The van der Waals surface area contributed by atoms with Crippen LogP contribution >= 0.6 is 11.8 Å². The summed E-state index contributed by atoms with van der Waals surface area (Å²) in [5, 5.41) is 7.96. The second-order valence-corrected chi connectivity index (χ2v) is 5.81. The molecule has 1 N–H and O–H groups in total. The summed E-state index contributed by atoms with van der Waals surface area (Å²) in [6.45, 7) is 0. The molecule has 1 aromatic heterocycles. The maximum Gasteiger partial charge on any atom is 0.209 e. The van der Waals surface area contributed by atoms with Gasteiger partial charge in [-0.05, 0) is 29.8 Å². The van der Waals surface area contributed by atoms with Crippen molar-refractivity contribution in [3.63, 3.8) is 0 Å². The number of rotatable bonds is 6. The molecule has 0 aliphatic rings. The third-order valence-corrected chi connectivity index (χ3v) is 4.05. The van der Waals surface area contributed by atoms with Crippen LogP contribution in [-0.2, 0) is 0 Å². The van der Waals surface area contributed by atoms with Crippen LogP contribution in [0.25, 0.3) is 17.5 Å². The van der Waals surface area contributed by atoms with E-state index in [2.05, 4.69) is 39.5 Å². The van der Waals surface area contributed by atoms with Gasteiger partial charge in [0, 0.05) is 11.3 Å². The monoisotopic (exact) mass is 323 g/mol. The quantitative estimate of drug-likeness (QED) is 0.688. The maximum atomic E-state index is 5.15. The van der Waals surface area contributed by atoms with Gasteiger partial charge >= 0.3 is 0 Å². The molecule has 0 atom stereocenters. The topological polar surface area (TPSA) is 50.8 Å². The summed E-state index contributed by atoms with van der Waals surface area (Å²) in [6, 6.07) is 18.0. The van der Waals surface area contributed by atoms with Gasteiger partial charge in [-0.15, -0.1) is 5.10 Å². The van der Waals surface area contributed by atoms with Gasteiger partial charge < -0.3 is 4.74 Å². The van der Waals surface area contributed by atoms with E-state index >= 15 is 0 Å². The van der Waals surface area contributed by atoms with Crippen molar-refractivity contribution < 1.29 is 4.74 Å². The molecule has 0 bridgehead atoms. The SMILES string of the molecule is COc1ccc(-c2nc(SC/C=C/c3ccccc3)n[nH]2)cc1. The molecule has 0 aliphatic carbocycles. The number of ether oxygens (including phenoxy) is 1. The number of thioether (sulfide) groups is 1. The van der Waals surface area contributed by atoms with Crippen LogP contribution in [0.2, 0.25) is 0 Å². The molecule has 4 nitrogen and oxygen atoms in total. The molecule has 2 aromatic carbocycles. The lowest BCUT2D eigenvalue weighted by Crippen LogP contribution is -1.84. The minimum atomic E-state index is 0.744. The number of methoxy groups -OCH3 is 1. The molecule has 3 aromatic rings. The second-order valence-electron chi connectivity index (χ2n) is 4.82. The van der Waals surface area contributed by atoms with Gasteiger partial charge in [0.15, 0.2) is 5.82 Å². The highest BCUT2D eigenvalue weighted by atomic mass is 32.2. The first kappa shape index (κ1) is 15.4. The third kappa shape index (κ3) is 4.23. The van der Waals surface area contributed by atoms with Crippen LogP contribution in [0.4, 0.5) is 0 Å². The molecule has 0 aliphatic heterocycles. The molecule has 0 fully saturated rings. The van der Waals surface area contributed by atoms with Crippen LogP contribution in [0.3, 0.4) is 0 Å². The van der Waals surface area contributed by atoms with Crippen LogP contribution in [0, 0.1) is 0 Å². The zero-order valence-corrected chi connectivity index (χ0v) is 13.6. The fourth-order valence-electron chi connectivity index (χ4n) is 2.06. The lowest BCUT2D eigenvalue weighted by molar-refractivity contribution is 0.415. The smallest absolute Gasteiger partial charge is 0.209 e. The lowest BCUT2D eigenvalue weighted by Gasteiger charge is -1.99. The normalized spacial score (nSPS) is 11.0. The minimum absolute atomic E-state index is 0.744. The molecular formula is C18H17N3OS. The number of nitrogens with one attached hydrogen (secondary N) is 1. The largest absolute Gasteiger partial charge is 0.497 e.